The lowest BCUT2D eigenvalue weighted by molar-refractivity contribution is 0.0657. The van der Waals surface area contributed by atoms with Crippen molar-refractivity contribution in [2.45, 2.75) is 50.0 Å². The SMILES string of the molecule is CCNS(=O)(=O)c1ccc(F)c(C(=O)N2CCN(C(=O)NC3CCCCC3)CC2)c1. The summed E-state index contributed by atoms with van der Waals surface area (Å²) in [5.41, 5.74) is -0.283. The fourth-order valence-corrected chi connectivity index (χ4v) is 4.97. The number of hydrogen-bond donors (Lipinski definition) is 2. The van der Waals surface area contributed by atoms with E-state index in [2.05, 4.69) is 10.0 Å². The molecule has 1 heterocycles. The number of nitrogens with zero attached hydrogens (tertiary/aromatic N) is 2. The van der Waals surface area contributed by atoms with Crippen LogP contribution in [0.15, 0.2) is 23.1 Å². The smallest absolute Gasteiger partial charge is 0.317 e. The Labute approximate surface area is 176 Å². The van der Waals surface area contributed by atoms with E-state index in [-0.39, 0.29) is 42.2 Å². The molecule has 0 bridgehead atoms. The first-order valence-electron chi connectivity index (χ1n) is 10.5. The molecule has 0 unspecified atom stereocenters. The van der Waals surface area contributed by atoms with Gasteiger partial charge in [-0.1, -0.05) is 26.2 Å². The maximum absolute atomic E-state index is 14.3. The van der Waals surface area contributed by atoms with Crippen molar-refractivity contribution >= 4 is 22.0 Å². The minimum Gasteiger partial charge on any atom is -0.335 e. The minimum absolute atomic E-state index is 0.126. The van der Waals surface area contributed by atoms with Crippen molar-refractivity contribution in [2.24, 2.45) is 0 Å². The van der Waals surface area contributed by atoms with Gasteiger partial charge in [-0.05, 0) is 31.0 Å². The van der Waals surface area contributed by atoms with Crippen LogP contribution in [0, 0.1) is 5.82 Å². The highest BCUT2D eigenvalue weighted by Crippen LogP contribution is 2.19. The molecule has 166 valence electrons. The minimum atomic E-state index is -3.80. The second kappa shape index (κ2) is 9.74. The summed E-state index contributed by atoms with van der Waals surface area (Å²) < 4.78 is 40.9. The van der Waals surface area contributed by atoms with Crippen LogP contribution < -0.4 is 10.0 Å². The number of urea groups is 1. The third kappa shape index (κ3) is 5.28. The molecule has 30 heavy (non-hydrogen) atoms. The summed E-state index contributed by atoms with van der Waals surface area (Å²) in [4.78, 5) is 28.2. The first-order valence-corrected chi connectivity index (χ1v) is 11.9. The Hall–Kier alpha value is -2.20. The van der Waals surface area contributed by atoms with Gasteiger partial charge in [0.2, 0.25) is 10.0 Å². The van der Waals surface area contributed by atoms with Gasteiger partial charge in [-0.15, -0.1) is 0 Å². The summed E-state index contributed by atoms with van der Waals surface area (Å²) in [7, 11) is -3.80. The monoisotopic (exact) mass is 440 g/mol. The predicted molar refractivity (Wildman–Crippen MR) is 110 cm³/mol. The summed E-state index contributed by atoms with van der Waals surface area (Å²) in [6.07, 6.45) is 5.45. The van der Waals surface area contributed by atoms with Crippen LogP contribution in [0.1, 0.15) is 49.4 Å². The van der Waals surface area contributed by atoms with Gasteiger partial charge < -0.3 is 15.1 Å². The lowest BCUT2D eigenvalue weighted by atomic mass is 9.96. The van der Waals surface area contributed by atoms with E-state index in [1.54, 1.807) is 11.8 Å². The van der Waals surface area contributed by atoms with Gasteiger partial charge in [0, 0.05) is 38.8 Å². The van der Waals surface area contributed by atoms with Crippen LogP contribution in [0.3, 0.4) is 0 Å². The fraction of sp³-hybridized carbons (Fsp3) is 0.600. The quantitative estimate of drug-likeness (QED) is 0.731. The number of benzene rings is 1. The highest BCUT2D eigenvalue weighted by molar-refractivity contribution is 7.89. The molecule has 10 heteroatoms. The summed E-state index contributed by atoms with van der Waals surface area (Å²) >= 11 is 0. The number of carbonyl (C=O) groups excluding carboxylic acids is 2. The van der Waals surface area contributed by atoms with Crippen molar-refractivity contribution in [1.82, 2.24) is 19.8 Å². The molecule has 3 rings (SSSR count). The van der Waals surface area contributed by atoms with Crippen LogP contribution in [0.5, 0.6) is 0 Å². The zero-order chi connectivity index (χ0) is 21.7. The fourth-order valence-electron chi connectivity index (χ4n) is 3.90. The van der Waals surface area contributed by atoms with Crippen LogP contribution >= 0.6 is 0 Å². The predicted octanol–water partition coefficient (Wildman–Crippen LogP) is 1.92. The average molecular weight is 441 g/mol. The highest BCUT2D eigenvalue weighted by Gasteiger charge is 2.28. The van der Waals surface area contributed by atoms with E-state index in [0.717, 1.165) is 43.9 Å². The molecule has 1 aliphatic heterocycles. The topological polar surface area (TPSA) is 98.8 Å². The molecule has 1 aromatic carbocycles. The van der Waals surface area contributed by atoms with E-state index in [9.17, 15) is 22.4 Å². The normalized spacial score (nSPS) is 18.3. The Morgan fingerprint density at radius 3 is 2.33 bits per heavy atom. The number of halogens is 1. The molecule has 0 spiro atoms. The summed E-state index contributed by atoms with van der Waals surface area (Å²) in [6.45, 7) is 3.05. The molecule has 2 aliphatic rings. The van der Waals surface area contributed by atoms with E-state index in [1.807, 2.05) is 0 Å². The zero-order valence-electron chi connectivity index (χ0n) is 17.2. The van der Waals surface area contributed by atoms with E-state index in [4.69, 9.17) is 0 Å². The Kier molecular flexibility index (Phi) is 7.30. The molecule has 1 aromatic rings. The molecule has 8 nitrogen and oxygen atoms in total. The van der Waals surface area contributed by atoms with Gasteiger partial charge in [-0.2, -0.15) is 0 Å². The molecular weight excluding hydrogens is 411 g/mol. The molecule has 1 saturated heterocycles. The molecule has 2 fully saturated rings. The van der Waals surface area contributed by atoms with Crippen molar-refractivity contribution < 1.29 is 22.4 Å². The van der Waals surface area contributed by atoms with Gasteiger partial charge in [-0.25, -0.2) is 22.3 Å². The van der Waals surface area contributed by atoms with E-state index in [1.165, 1.54) is 11.3 Å². The summed E-state index contributed by atoms with van der Waals surface area (Å²) in [6, 6.07) is 3.28. The molecular formula is C20H29FN4O4S. The number of sulfonamides is 1. The van der Waals surface area contributed by atoms with Gasteiger partial charge in [-0.3, -0.25) is 4.79 Å². The van der Waals surface area contributed by atoms with E-state index < -0.39 is 21.7 Å². The average Bonchev–Trinajstić information content (AvgIpc) is 2.74. The second-order valence-electron chi connectivity index (χ2n) is 7.71. The van der Waals surface area contributed by atoms with Gasteiger partial charge in [0.1, 0.15) is 5.82 Å². The Bertz CT molecular complexity index is 879. The Morgan fingerprint density at radius 1 is 1.07 bits per heavy atom. The van der Waals surface area contributed by atoms with Gasteiger partial charge in [0.05, 0.1) is 10.5 Å². The van der Waals surface area contributed by atoms with E-state index >= 15 is 0 Å². The summed E-state index contributed by atoms with van der Waals surface area (Å²) in [5, 5.41) is 3.06. The van der Waals surface area contributed by atoms with Crippen molar-refractivity contribution in [1.29, 1.82) is 0 Å². The highest BCUT2D eigenvalue weighted by atomic mass is 32.2. The van der Waals surface area contributed by atoms with Gasteiger partial charge in [0.25, 0.3) is 5.91 Å². The number of amides is 3. The number of rotatable bonds is 5. The molecule has 0 aromatic heterocycles. The molecule has 2 N–H and O–H groups in total. The van der Waals surface area contributed by atoms with Crippen molar-refractivity contribution in [3.05, 3.63) is 29.6 Å². The van der Waals surface area contributed by atoms with Crippen molar-refractivity contribution in [3.63, 3.8) is 0 Å². The first kappa shape index (κ1) is 22.5. The Balaban J connectivity index is 1.61. The largest absolute Gasteiger partial charge is 0.335 e. The Morgan fingerprint density at radius 2 is 1.70 bits per heavy atom. The molecule has 0 radical (unpaired) electrons. The van der Waals surface area contributed by atoms with Crippen LogP contribution in [0.25, 0.3) is 0 Å². The third-order valence-corrected chi connectivity index (χ3v) is 7.14. The summed E-state index contributed by atoms with van der Waals surface area (Å²) in [5.74, 6) is -1.35. The number of hydrogen-bond acceptors (Lipinski definition) is 4. The zero-order valence-corrected chi connectivity index (χ0v) is 18.0. The molecule has 1 saturated carbocycles. The maximum atomic E-state index is 14.3. The van der Waals surface area contributed by atoms with Crippen LogP contribution in [0.4, 0.5) is 9.18 Å². The van der Waals surface area contributed by atoms with Gasteiger partial charge in [0.15, 0.2) is 0 Å². The number of carbonyl (C=O) groups is 2. The first-order chi connectivity index (χ1) is 14.3. The van der Waals surface area contributed by atoms with E-state index in [0.29, 0.717) is 13.1 Å². The standard InChI is InChI=1S/C20H29FN4O4S/c1-2-22-30(28,29)16-8-9-18(21)17(14-16)19(26)24-10-12-25(13-11-24)20(27)23-15-6-4-3-5-7-15/h8-9,14-15,22H,2-7,10-13H2,1H3,(H,23,27). The molecule has 3 amide bonds. The second-order valence-corrected chi connectivity index (χ2v) is 9.47. The van der Waals surface area contributed by atoms with Crippen LogP contribution in [0.2, 0.25) is 0 Å². The lowest BCUT2D eigenvalue weighted by Crippen LogP contribution is -2.54. The van der Waals surface area contributed by atoms with Crippen molar-refractivity contribution in [3.8, 4) is 0 Å². The molecule has 1 aliphatic carbocycles. The number of piperazine rings is 1. The lowest BCUT2D eigenvalue weighted by Gasteiger charge is -2.36. The molecule has 0 atom stereocenters. The van der Waals surface area contributed by atoms with Crippen LogP contribution in [-0.4, -0.2) is 68.9 Å². The van der Waals surface area contributed by atoms with Crippen molar-refractivity contribution in [2.75, 3.05) is 32.7 Å². The third-order valence-electron chi connectivity index (χ3n) is 5.60. The van der Waals surface area contributed by atoms with Crippen LogP contribution in [-0.2, 0) is 10.0 Å². The van der Waals surface area contributed by atoms with Gasteiger partial charge >= 0.3 is 6.03 Å². The number of nitrogens with one attached hydrogen (secondary N) is 2. The maximum Gasteiger partial charge on any atom is 0.317 e.